The van der Waals surface area contributed by atoms with Gasteiger partial charge in [0.1, 0.15) is 5.75 Å². The average molecular weight is 369 g/mol. The Morgan fingerprint density at radius 1 is 1.11 bits per heavy atom. The first-order valence-corrected chi connectivity index (χ1v) is 9.04. The van der Waals surface area contributed by atoms with Crippen molar-refractivity contribution < 1.29 is 14.3 Å². The van der Waals surface area contributed by atoms with Crippen LogP contribution >= 0.6 is 0 Å². The zero-order valence-corrected chi connectivity index (χ0v) is 16.3. The number of nitrogens with zero attached hydrogens (tertiary/aromatic N) is 1. The van der Waals surface area contributed by atoms with Crippen LogP contribution in [0.2, 0.25) is 0 Å². The van der Waals surface area contributed by atoms with Crippen molar-refractivity contribution in [3.63, 3.8) is 0 Å². The molecule has 0 saturated heterocycles. The first-order chi connectivity index (χ1) is 12.9. The molecule has 2 rings (SSSR count). The highest BCUT2D eigenvalue weighted by Gasteiger charge is 2.07. The SMILES string of the molecule is CCC(C)Oc1cccc(NC(=O)CNc2ccc(N(C)C(C)=O)cc2)c1. The van der Waals surface area contributed by atoms with Crippen molar-refractivity contribution in [1.29, 1.82) is 0 Å². The van der Waals surface area contributed by atoms with Gasteiger partial charge >= 0.3 is 0 Å². The number of ether oxygens (including phenoxy) is 1. The third-order valence-corrected chi connectivity index (χ3v) is 4.21. The van der Waals surface area contributed by atoms with Crippen molar-refractivity contribution in [2.75, 3.05) is 29.1 Å². The Morgan fingerprint density at radius 3 is 2.44 bits per heavy atom. The van der Waals surface area contributed by atoms with Gasteiger partial charge in [0.15, 0.2) is 0 Å². The number of nitrogens with one attached hydrogen (secondary N) is 2. The van der Waals surface area contributed by atoms with Gasteiger partial charge in [-0.1, -0.05) is 13.0 Å². The second-order valence-electron chi connectivity index (χ2n) is 6.39. The second kappa shape index (κ2) is 9.62. The maximum absolute atomic E-state index is 12.2. The summed E-state index contributed by atoms with van der Waals surface area (Å²) in [6.07, 6.45) is 1.05. The highest BCUT2D eigenvalue weighted by atomic mass is 16.5. The summed E-state index contributed by atoms with van der Waals surface area (Å²) < 4.78 is 5.77. The quantitative estimate of drug-likeness (QED) is 0.740. The third kappa shape index (κ3) is 6.33. The topological polar surface area (TPSA) is 70.7 Å². The molecule has 0 radical (unpaired) electrons. The minimum Gasteiger partial charge on any atom is -0.491 e. The summed E-state index contributed by atoms with van der Waals surface area (Å²) >= 11 is 0. The third-order valence-electron chi connectivity index (χ3n) is 4.21. The first-order valence-electron chi connectivity index (χ1n) is 9.04. The van der Waals surface area contributed by atoms with Crippen LogP contribution in [0.25, 0.3) is 0 Å². The van der Waals surface area contributed by atoms with Crippen LogP contribution in [-0.2, 0) is 9.59 Å². The fourth-order valence-corrected chi connectivity index (χ4v) is 2.34. The zero-order valence-electron chi connectivity index (χ0n) is 16.3. The van der Waals surface area contributed by atoms with Crippen LogP contribution in [0.5, 0.6) is 5.75 Å². The number of rotatable bonds is 8. The number of carbonyl (C=O) groups excluding carboxylic acids is 2. The predicted octanol–water partition coefficient (Wildman–Crippen LogP) is 3.90. The Hall–Kier alpha value is -3.02. The molecule has 2 aromatic carbocycles. The van der Waals surface area contributed by atoms with Gasteiger partial charge in [-0.3, -0.25) is 9.59 Å². The standard InChI is InChI=1S/C21H27N3O3/c1-5-15(2)27-20-8-6-7-18(13-20)23-21(26)14-22-17-9-11-19(12-10-17)24(4)16(3)25/h6-13,15,22H,5,14H2,1-4H3,(H,23,26). The molecule has 2 aromatic rings. The van der Waals surface area contributed by atoms with Crippen LogP contribution in [0.4, 0.5) is 17.1 Å². The minimum atomic E-state index is -0.152. The fraction of sp³-hybridized carbons (Fsp3) is 0.333. The van der Waals surface area contributed by atoms with Gasteiger partial charge in [-0.2, -0.15) is 0 Å². The summed E-state index contributed by atoms with van der Waals surface area (Å²) in [5.74, 6) is 0.551. The second-order valence-corrected chi connectivity index (χ2v) is 6.39. The predicted molar refractivity (Wildman–Crippen MR) is 109 cm³/mol. The van der Waals surface area contributed by atoms with Gasteiger partial charge in [-0.15, -0.1) is 0 Å². The molecular formula is C21H27N3O3. The van der Waals surface area contributed by atoms with E-state index in [0.717, 1.165) is 23.5 Å². The summed E-state index contributed by atoms with van der Waals surface area (Å²) in [5, 5.41) is 5.92. The summed E-state index contributed by atoms with van der Waals surface area (Å²) in [6.45, 7) is 5.72. The molecule has 27 heavy (non-hydrogen) atoms. The van der Waals surface area contributed by atoms with E-state index in [1.54, 1.807) is 11.9 Å². The highest BCUT2D eigenvalue weighted by Crippen LogP contribution is 2.20. The number of amides is 2. The van der Waals surface area contributed by atoms with Gasteiger partial charge < -0.3 is 20.3 Å². The lowest BCUT2D eigenvalue weighted by atomic mass is 10.2. The molecule has 0 heterocycles. The van der Waals surface area contributed by atoms with Gasteiger partial charge in [-0.25, -0.2) is 0 Å². The Labute approximate surface area is 160 Å². The van der Waals surface area contributed by atoms with Crippen molar-refractivity contribution in [2.45, 2.75) is 33.3 Å². The minimum absolute atomic E-state index is 0.0328. The Morgan fingerprint density at radius 2 is 1.81 bits per heavy atom. The van der Waals surface area contributed by atoms with E-state index >= 15 is 0 Å². The normalized spacial score (nSPS) is 11.4. The Kier molecular flexibility index (Phi) is 7.23. The van der Waals surface area contributed by atoms with Crippen molar-refractivity contribution in [3.05, 3.63) is 48.5 Å². The van der Waals surface area contributed by atoms with E-state index in [0.29, 0.717) is 5.69 Å². The van der Waals surface area contributed by atoms with E-state index in [9.17, 15) is 9.59 Å². The molecule has 1 unspecified atom stereocenters. The number of benzene rings is 2. The number of carbonyl (C=O) groups is 2. The largest absolute Gasteiger partial charge is 0.491 e. The maximum atomic E-state index is 12.2. The summed E-state index contributed by atoms with van der Waals surface area (Å²) in [4.78, 5) is 25.1. The van der Waals surface area contributed by atoms with E-state index in [1.165, 1.54) is 6.92 Å². The van der Waals surface area contributed by atoms with Gasteiger partial charge in [-0.05, 0) is 49.7 Å². The van der Waals surface area contributed by atoms with E-state index in [-0.39, 0.29) is 24.5 Å². The molecule has 0 aliphatic heterocycles. The molecule has 0 aromatic heterocycles. The summed E-state index contributed by atoms with van der Waals surface area (Å²) in [5.41, 5.74) is 2.30. The monoisotopic (exact) mass is 369 g/mol. The van der Waals surface area contributed by atoms with Crippen molar-refractivity contribution >= 4 is 28.9 Å². The number of hydrogen-bond acceptors (Lipinski definition) is 4. The summed E-state index contributed by atoms with van der Waals surface area (Å²) in [7, 11) is 1.72. The van der Waals surface area contributed by atoms with E-state index < -0.39 is 0 Å². The molecule has 6 heteroatoms. The van der Waals surface area contributed by atoms with Crippen molar-refractivity contribution in [2.24, 2.45) is 0 Å². The Balaban J connectivity index is 1.87. The lowest BCUT2D eigenvalue weighted by Gasteiger charge is -2.15. The van der Waals surface area contributed by atoms with Gasteiger partial charge in [0.05, 0.1) is 12.6 Å². The van der Waals surface area contributed by atoms with Crippen LogP contribution in [0.15, 0.2) is 48.5 Å². The van der Waals surface area contributed by atoms with Crippen LogP contribution in [0, 0.1) is 0 Å². The van der Waals surface area contributed by atoms with Gasteiger partial charge in [0, 0.05) is 37.1 Å². The molecule has 2 amide bonds. The van der Waals surface area contributed by atoms with E-state index in [2.05, 4.69) is 17.6 Å². The molecule has 0 bridgehead atoms. The van der Waals surface area contributed by atoms with Gasteiger partial charge in [0.25, 0.3) is 0 Å². The van der Waals surface area contributed by atoms with Crippen molar-refractivity contribution in [1.82, 2.24) is 0 Å². The number of hydrogen-bond donors (Lipinski definition) is 2. The van der Waals surface area contributed by atoms with Crippen molar-refractivity contribution in [3.8, 4) is 5.75 Å². The zero-order chi connectivity index (χ0) is 19.8. The van der Waals surface area contributed by atoms with Crippen LogP contribution in [0.1, 0.15) is 27.2 Å². The molecule has 0 fully saturated rings. The lowest BCUT2D eigenvalue weighted by Crippen LogP contribution is -2.23. The first kappa shape index (κ1) is 20.3. The smallest absolute Gasteiger partial charge is 0.243 e. The molecule has 0 spiro atoms. The molecular weight excluding hydrogens is 342 g/mol. The van der Waals surface area contributed by atoms with Crippen LogP contribution in [-0.4, -0.2) is 31.5 Å². The lowest BCUT2D eigenvalue weighted by molar-refractivity contribution is -0.116. The van der Waals surface area contributed by atoms with Crippen LogP contribution in [0.3, 0.4) is 0 Å². The molecule has 2 N–H and O–H groups in total. The maximum Gasteiger partial charge on any atom is 0.243 e. The molecule has 144 valence electrons. The average Bonchev–Trinajstić information content (AvgIpc) is 2.66. The molecule has 0 aliphatic rings. The van der Waals surface area contributed by atoms with Crippen LogP contribution < -0.4 is 20.3 Å². The van der Waals surface area contributed by atoms with Gasteiger partial charge in [0.2, 0.25) is 11.8 Å². The molecule has 1 atom stereocenters. The molecule has 6 nitrogen and oxygen atoms in total. The van der Waals surface area contributed by atoms with E-state index in [4.69, 9.17) is 4.74 Å². The summed E-state index contributed by atoms with van der Waals surface area (Å²) in [6, 6.07) is 14.7. The fourth-order valence-electron chi connectivity index (χ4n) is 2.34. The van der Waals surface area contributed by atoms with E-state index in [1.807, 2.05) is 55.5 Å². The Bertz CT molecular complexity index is 774. The highest BCUT2D eigenvalue weighted by molar-refractivity contribution is 5.94. The number of anilines is 3. The molecule has 0 saturated carbocycles. The molecule has 0 aliphatic carbocycles.